The van der Waals surface area contributed by atoms with Gasteiger partial charge in [-0.05, 0) is 36.5 Å². The molecule has 0 aromatic heterocycles. The van der Waals surface area contributed by atoms with E-state index in [0.717, 1.165) is 19.3 Å². The summed E-state index contributed by atoms with van der Waals surface area (Å²) in [5.74, 6) is 0.243. The average molecular weight is 210 g/mol. The number of hydrogen-bond acceptors (Lipinski definition) is 2. The Hall–Kier alpha value is -0.370. The number of carbonyl (C=O) groups is 1. The van der Waals surface area contributed by atoms with E-state index in [0.29, 0.717) is 12.8 Å². The lowest BCUT2D eigenvalue weighted by Crippen LogP contribution is -2.56. The molecule has 2 rings (SSSR count). The lowest BCUT2D eigenvalue weighted by Gasteiger charge is -2.55. The van der Waals surface area contributed by atoms with E-state index in [-0.39, 0.29) is 16.6 Å². The molecule has 2 aliphatic carbocycles. The molecule has 0 radical (unpaired) electrons. The van der Waals surface area contributed by atoms with Gasteiger partial charge in [0.2, 0.25) is 0 Å². The van der Waals surface area contributed by atoms with Crippen LogP contribution in [0.25, 0.3) is 0 Å². The minimum absolute atomic E-state index is 0.0174. The third-order valence-corrected chi connectivity index (χ3v) is 4.69. The van der Waals surface area contributed by atoms with E-state index in [1.165, 1.54) is 6.42 Å². The van der Waals surface area contributed by atoms with Gasteiger partial charge in [-0.2, -0.15) is 0 Å². The van der Waals surface area contributed by atoms with E-state index in [1.807, 2.05) is 0 Å². The molecule has 2 aliphatic rings. The Morgan fingerprint density at radius 3 is 2.47 bits per heavy atom. The molecule has 0 heterocycles. The minimum Gasteiger partial charge on any atom is -0.389 e. The predicted molar refractivity (Wildman–Crippen MR) is 59.5 cm³/mol. The molecular formula is C13H22O2. The molecule has 0 saturated heterocycles. The number of ketones is 1. The van der Waals surface area contributed by atoms with Crippen LogP contribution in [0, 0.1) is 10.8 Å². The van der Waals surface area contributed by atoms with E-state index in [4.69, 9.17) is 0 Å². The fraction of sp³-hybridized carbons (Fsp3) is 0.923. The number of carbonyl (C=O) groups excluding carboxylic acids is 1. The van der Waals surface area contributed by atoms with Crippen molar-refractivity contribution >= 4 is 5.78 Å². The summed E-state index contributed by atoms with van der Waals surface area (Å²) in [6, 6.07) is 0. The maximum absolute atomic E-state index is 11.5. The van der Waals surface area contributed by atoms with Crippen LogP contribution in [-0.2, 0) is 4.79 Å². The monoisotopic (exact) mass is 210 g/mol. The Bertz CT molecular complexity index is 295. The van der Waals surface area contributed by atoms with Crippen molar-refractivity contribution in [1.82, 2.24) is 0 Å². The summed E-state index contributed by atoms with van der Waals surface area (Å²) < 4.78 is 0. The number of hydrogen-bond donors (Lipinski definition) is 1. The van der Waals surface area contributed by atoms with Crippen LogP contribution in [0.5, 0.6) is 0 Å². The van der Waals surface area contributed by atoms with Crippen LogP contribution in [0.3, 0.4) is 0 Å². The first kappa shape index (κ1) is 11.1. The number of Topliss-reactive ketones (excluding diaryl/α,β-unsaturated/α-hetero) is 1. The van der Waals surface area contributed by atoms with Crippen LogP contribution >= 0.6 is 0 Å². The van der Waals surface area contributed by atoms with Crippen molar-refractivity contribution in [3.05, 3.63) is 0 Å². The zero-order valence-corrected chi connectivity index (χ0v) is 10.1. The van der Waals surface area contributed by atoms with Crippen molar-refractivity contribution in [3.8, 4) is 0 Å². The summed E-state index contributed by atoms with van der Waals surface area (Å²) in [6.07, 6.45) is 4.93. The van der Waals surface area contributed by atoms with Crippen LogP contribution in [0.15, 0.2) is 0 Å². The van der Waals surface area contributed by atoms with Crippen LogP contribution < -0.4 is 0 Å². The predicted octanol–water partition coefficient (Wildman–Crippen LogP) is 2.69. The maximum atomic E-state index is 11.5. The molecule has 2 saturated carbocycles. The second-order valence-corrected chi connectivity index (χ2v) is 6.65. The van der Waals surface area contributed by atoms with E-state index in [2.05, 4.69) is 20.8 Å². The highest BCUT2D eigenvalue weighted by atomic mass is 16.3. The first-order chi connectivity index (χ1) is 6.77. The van der Waals surface area contributed by atoms with Gasteiger partial charge in [0.1, 0.15) is 5.78 Å². The Kier molecular flexibility index (Phi) is 2.27. The van der Waals surface area contributed by atoms with Gasteiger partial charge in [0.15, 0.2) is 0 Å². The highest BCUT2D eigenvalue weighted by Gasteiger charge is 2.55. The Labute approximate surface area is 92.1 Å². The summed E-state index contributed by atoms with van der Waals surface area (Å²) in [7, 11) is 0. The minimum atomic E-state index is -0.732. The van der Waals surface area contributed by atoms with Crippen LogP contribution in [0.2, 0.25) is 0 Å². The third kappa shape index (κ3) is 1.73. The van der Waals surface area contributed by atoms with E-state index < -0.39 is 5.60 Å². The topological polar surface area (TPSA) is 37.3 Å². The molecule has 0 spiro atoms. The van der Waals surface area contributed by atoms with Crippen molar-refractivity contribution in [2.75, 3.05) is 0 Å². The molecule has 1 N–H and O–H groups in total. The Morgan fingerprint density at radius 2 is 1.80 bits per heavy atom. The molecular weight excluding hydrogens is 188 g/mol. The van der Waals surface area contributed by atoms with Gasteiger partial charge in [-0.3, -0.25) is 4.79 Å². The summed E-state index contributed by atoms with van der Waals surface area (Å²) in [5, 5.41) is 10.7. The van der Waals surface area contributed by atoms with Gasteiger partial charge in [-0.15, -0.1) is 0 Å². The van der Waals surface area contributed by atoms with Crippen LogP contribution in [0.4, 0.5) is 0 Å². The summed E-state index contributed by atoms with van der Waals surface area (Å²) in [6.45, 7) is 6.56. The largest absolute Gasteiger partial charge is 0.389 e. The van der Waals surface area contributed by atoms with Gasteiger partial charge in [0, 0.05) is 12.8 Å². The van der Waals surface area contributed by atoms with Gasteiger partial charge < -0.3 is 5.11 Å². The third-order valence-electron chi connectivity index (χ3n) is 4.69. The van der Waals surface area contributed by atoms with Gasteiger partial charge >= 0.3 is 0 Å². The van der Waals surface area contributed by atoms with Crippen molar-refractivity contribution < 1.29 is 9.90 Å². The van der Waals surface area contributed by atoms with Crippen molar-refractivity contribution in [2.24, 2.45) is 10.8 Å². The van der Waals surface area contributed by atoms with Crippen LogP contribution in [-0.4, -0.2) is 16.5 Å². The molecule has 0 aromatic rings. The van der Waals surface area contributed by atoms with Crippen LogP contribution in [0.1, 0.15) is 59.3 Å². The molecule has 2 nitrogen and oxygen atoms in total. The number of rotatable bonds is 0. The summed E-state index contributed by atoms with van der Waals surface area (Å²) >= 11 is 0. The lowest BCUT2D eigenvalue weighted by molar-refractivity contribution is -0.170. The molecule has 2 heteroatoms. The second-order valence-electron chi connectivity index (χ2n) is 6.65. The van der Waals surface area contributed by atoms with E-state index in [1.54, 1.807) is 0 Å². The van der Waals surface area contributed by atoms with Crippen molar-refractivity contribution in [1.29, 1.82) is 0 Å². The maximum Gasteiger partial charge on any atom is 0.135 e. The first-order valence-corrected chi connectivity index (χ1v) is 6.01. The molecule has 2 fully saturated rings. The summed E-state index contributed by atoms with van der Waals surface area (Å²) in [4.78, 5) is 11.5. The first-order valence-electron chi connectivity index (χ1n) is 6.01. The molecule has 0 aliphatic heterocycles. The molecule has 0 aromatic carbocycles. The summed E-state index contributed by atoms with van der Waals surface area (Å²) in [5.41, 5.74) is -0.563. The second kappa shape index (κ2) is 3.07. The zero-order valence-electron chi connectivity index (χ0n) is 10.1. The van der Waals surface area contributed by atoms with Gasteiger partial charge in [0.25, 0.3) is 0 Å². The Balaban J connectivity index is 2.29. The molecule has 0 amide bonds. The highest BCUT2D eigenvalue weighted by molar-refractivity contribution is 5.80. The quantitative estimate of drug-likeness (QED) is 0.667. The molecule has 0 unspecified atom stereocenters. The smallest absolute Gasteiger partial charge is 0.135 e. The number of aliphatic hydroxyl groups is 1. The van der Waals surface area contributed by atoms with Gasteiger partial charge in [-0.1, -0.05) is 20.8 Å². The molecule has 2 atom stereocenters. The zero-order chi connectivity index (χ0) is 11.3. The van der Waals surface area contributed by atoms with E-state index in [9.17, 15) is 9.90 Å². The van der Waals surface area contributed by atoms with Gasteiger partial charge in [-0.25, -0.2) is 0 Å². The molecule has 0 bridgehead atoms. The SMILES string of the molecule is CC1(C)CC[C@@]2(C)CCC(=O)C[C@@]2(O)C1. The normalized spacial score (nSPS) is 44.9. The lowest BCUT2D eigenvalue weighted by atomic mass is 9.52. The molecule has 86 valence electrons. The fourth-order valence-electron chi connectivity index (χ4n) is 3.40. The van der Waals surface area contributed by atoms with Crippen molar-refractivity contribution in [2.45, 2.75) is 64.9 Å². The molecule has 15 heavy (non-hydrogen) atoms. The van der Waals surface area contributed by atoms with Crippen molar-refractivity contribution in [3.63, 3.8) is 0 Å². The number of fused-ring (bicyclic) bond motifs is 1. The average Bonchev–Trinajstić information content (AvgIpc) is 2.07. The highest BCUT2D eigenvalue weighted by Crippen LogP contribution is 2.56. The Morgan fingerprint density at radius 1 is 1.13 bits per heavy atom. The standard InChI is InChI=1S/C13H22O2/c1-11(2)6-7-12(3)5-4-10(14)8-13(12,15)9-11/h15H,4-9H2,1-3H3/t12-,13-/m1/s1. The van der Waals surface area contributed by atoms with E-state index >= 15 is 0 Å². The fourth-order valence-corrected chi connectivity index (χ4v) is 3.40. The van der Waals surface area contributed by atoms with Gasteiger partial charge in [0.05, 0.1) is 5.60 Å².